The molecule has 0 fully saturated rings. The van der Waals surface area contributed by atoms with E-state index in [1.165, 1.54) is 18.0 Å². The molecule has 0 saturated carbocycles. The number of halogens is 1. The molecule has 0 atom stereocenters. The van der Waals surface area contributed by atoms with Crippen molar-refractivity contribution in [2.24, 2.45) is 0 Å². The van der Waals surface area contributed by atoms with Gasteiger partial charge in [0, 0.05) is 22.9 Å². The van der Waals surface area contributed by atoms with E-state index in [0.717, 1.165) is 5.56 Å². The standard InChI is InChI=1S/C21H16ClN5O2S/c1-12-4-5-13(9-16(12)22)26-18(28)6-8-30-21-15(11-24)19(17-3-2-7-29-17)14(10-23)20(25)27-21/h2-5,7,9H,6,8H2,1H3,(H2,25,27)(H,26,28). The number of nitrogens with zero attached hydrogens (tertiary/aromatic N) is 3. The van der Waals surface area contributed by atoms with Crippen LogP contribution in [-0.4, -0.2) is 16.6 Å². The number of nitriles is 2. The van der Waals surface area contributed by atoms with Crippen LogP contribution >= 0.6 is 23.4 Å². The number of hydrogen-bond acceptors (Lipinski definition) is 7. The van der Waals surface area contributed by atoms with Crippen LogP contribution in [0.15, 0.2) is 46.0 Å². The average molecular weight is 438 g/mol. The van der Waals surface area contributed by atoms with Gasteiger partial charge in [-0.05, 0) is 36.8 Å². The maximum atomic E-state index is 12.2. The van der Waals surface area contributed by atoms with Crippen molar-refractivity contribution >= 4 is 40.8 Å². The number of carbonyl (C=O) groups is 1. The third-order valence-corrected chi connectivity index (χ3v) is 5.59. The Hall–Kier alpha value is -3.46. The molecule has 0 aliphatic rings. The summed E-state index contributed by atoms with van der Waals surface area (Å²) in [5, 5.41) is 22.8. The Morgan fingerprint density at radius 3 is 2.70 bits per heavy atom. The SMILES string of the molecule is Cc1ccc(NC(=O)CCSc2nc(N)c(C#N)c(-c3ccco3)c2C#N)cc1Cl. The number of amides is 1. The molecule has 3 aromatic rings. The van der Waals surface area contributed by atoms with Gasteiger partial charge in [0.15, 0.2) is 0 Å². The van der Waals surface area contributed by atoms with E-state index in [9.17, 15) is 15.3 Å². The van der Waals surface area contributed by atoms with E-state index in [-0.39, 0.29) is 29.3 Å². The number of nitrogen functional groups attached to an aromatic ring is 1. The number of thioether (sulfide) groups is 1. The lowest BCUT2D eigenvalue weighted by atomic mass is 10.0. The molecule has 3 N–H and O–H groups in total. The van der Waals surface area contributed by atoms with Crippen molar-refractivity contribution in [1.29, 1.82) is 10.5 Å². The average Bonchev–Trinajstić information content (AvgIpc) is 3.24. The molecule has 0 saturated heterocycles. The number of hydrogen-bond donors (Lipinski definition) is 2. The summed E-state index contributed by atoms with van der Waals surface area (Å²) in [4.78, 5) is 16.4. The smallest absolute Gasteiger partial charge is 0.225 e. The minimum atomic E-state index is -0.200. The number of pyridine rings is 1. The van der Waals surface area contributed by atoms with Crippen LogP contribution in [0.4, 0.5) is 11.5 Å². The zero-order chi connectivity index (χ0) is 21.7. The maximum absolute atomic E-state index is 12.2. The number of nitrogens with two attached hydrogens (primary N) is 1. The summed E-state index contributed by atoms with van der Waals surface area (Å²) in [5.74, 6) is 0.516. The lowest BCUT2D eigenvalue weighted by Crippen LogP contribution is -2.12. The molecule has 0 aliphatic carbocycles. The summed E-state index contributed by atoms with van der Waals surface area (Å²) in [5.41, 5.74) is 8.04. The summed E-state index contributed by atoms with van der Waals surface area (Å²) >= 11 is 7.28. The molecule has 0 spiro atoms. The first-order valence-corrected chi connectivity index (χ1v) is 10.2. The molecule has 0 radical (unpaired) electrons. The van der Waals surface area contributed by atoms with Crippen molar-refractivity contribution in [3.05, 3.63) is 58.3 Å². The molecule has 3 rings (SSSR count). The Morgan fingerprint density at radius 2 is 2.07 bits per heavy atom. The number of nitrogens with one attached hydrogen (secondary N) is 1. The van der Waals surface area contributed by atoms with Crippen molar-refractivity contribution in [1.82, 2.24) is 4.98 Å². The van der Waals surface area contributed by atoms with E-state index in [0.29, 0.717) is 32.8 Å². The fourth-order valence-corrected chi connectivity index (χ4v) is 3.82. The minimum Gasteiger partial charge on any atom is -0.464 e. The van der Waals surface area contributed by atoms with Crippen LogP contribution in [0.25, 0.3) is 11.3 Å². The predicted octanol–water partition coefficient (Wildman–Crippen LogP) is 4.75. The monoisotopic (exact) mass is 437 g/mol. The van der Waals surface area contributed by atoms with Crippen LogP contribution in [0.3, 0.4) is 0 Å². The molecule has 0 unspecified atom stereocenters. The first kappa shape index (κ1) is 21.3. The predicted molar refractivity (Wildman–Crippen MR) is 116 cm³/mol. The molecule has 7 nitrogen and oxygen atoms in total. The quantitative estimate of drug-likeness (QED) is 0.532. The number of rotatable bonds is 6. The summed E-state index contributed by atoms with van der Waals surface area (Å²) in [7, 11) is 0. The molecule has 150 valence electrons. The molecule has 30 heavy (non-hydrogen) atoms. The van der Waals surface area contributed by atoms with E-state index in [1.54, 1.807) is 24.3 Å². The Kier molecular flexibility index (Phi) is 6.63. The van der Waals surface area contributed by atoms with Crippen molar-refractivity contribution in [2.45, 2.75) is 18.4 Å². The molecule has 2 aromatic heterocycles. The summed E-state index contributed by atoms with van der Waals surface area (Å²) in [6, 6.07) is 12.6. The van der Waals surface area contributed by atoms with Crippen LogP contribution in [0.1, 0.15) is 23.1 Å². The third kappa shape index (κ3) is 4.57. The van der Waals surface area contributed by atoms with Gasteiger partial charge in [-0.15, -0.1) is 11.8 Å². The Bertz CT molecular complexity index is 1180. The van der Waals surface area contributed by atoms with E-state index >= 15 is 0 Å². The lowest BCUT2D eigenvalue weighted by Gasteiger charge is -2.11. The normalized spacial score (nSPS) is 10.3. The molecular formula is C21H16ClN5O2S. The molecule has 0 aliphatic heterocycles. The van der Waals surface area contributed by atoms with Crippen LogP contribution in [0.2, 0.25) is 5.02 Å². The number of benzene rings is 1. The number of aromatic nitrogens is 1. The Morgan fingerprint density at radius 1 is 1.30 bits per heavy atom. The molecule has 2 heterocycles. The highest BCUT2D eigenvalue weighted by Gasteiger charge is 2.22. The zero-order valence-electron chi connectivity index (χ0n) is 15.9. The molecule has 1 amide bonds. The van der Waals surface area contributed by atoms with Crippen LogP contribution in [0, 0.1) is 29.6 Å². The van der Waals surface area contributed by atoms with Gasteiger partial charge in [-0.2, -0.15) is 10.5 Å². The fraction of sp³-hybridized carbons (Fsp3) is 0.143. The summed E-state index contributed by atoms with van der Waals surface area (Å²) in [6.07, 6.45) is 1.63. The van der Waals surface area contributed by atoms with Gasteiger partial charge in [-0.3, -0.25) is 4.79 Å². The maximum Gasteiger partial charge on any atom is 0.225 e. The van der Waals surface area contributed by atoms with E-state index in [4.69, 9.17) is 21.8 Å². The number of aryl methyl sites for hydroxylation is 1. The van der Waals surface area contributed by atoms with Crippen molar-refractivity contribution in [3.63, 3.8) is 0 Å². The van der Waals surface area contributed by atoms with Gasteiger partial charge in [0.25, 0.3) is 0 Å². The second-order valence-corrected chi connectivity index (χ2v) is 7.73. The van der Waals surface area contributed by atoms with Gasteiger partial charge in [0.1, 0.15) is 34.3 Å². The first-order valence-electron chi connectivity index (χ1n) is 8.81. The van der Waals surface area contributed by atoms with Gasteiger partial charge < -0.3 is 15.5 Å². The van der Waals surface area contributed by atoms with E-state index in [1.807, 2.05) is 19.1 Å². The van der Waals surface area contributed by atoms with Gasteiger partial charge in [-0.25, -0.2) is 4.98 Å². The third-order valence-electron chi connectivity index (χ3n) is 4.21. The fourth-order valence-electron chi connectivity index (χ4n) is 2.70. The van der Waals surface area contributed by atoms with Crippen LogP contribution < -0.4 is 11.1 Å². The summed E-state index contributed by atoms with van der Waals surface area (Å²) in [6.45, 7) is 1.88. The van der Waals surface area contributed by atoms with Crippen molar-refractivity contribution in [3.8, 4) is 23.5 Å². The molecular weight excluding hydrogens is 422 g/mol. The lowest BCUT2D eigenvalue weighted by molar-refractivity contribution is -0.115. The second-order valence-electron chi connectivity index (χ2n) is 6.24. The molecule has 9 heteroatoms. The number of carbonyl (C=O) groups excluding carboxylic acids is 1. The Labute approximate surface area is 182 Å². The highest BCUT2D eigenvalue weighted by molar-refractivity contribution is 7.99. The van der Waals surface area contributed by atoms with Gasteiger partial charge in [0.2, 0.25) is 5.91 Å². The van der Waals surface area contributed by atoms with Crippen molar-refractivity contribution < 1.29 is 9.21 Å². The molecule has 0 bridgehead atoms. The van der Waals surface area contributed by atoms with Crippen LogP contribution in [-0.2, 0) is 4.79 Å². The van der Waals surface area contributed by atoms with Crippen LogP contribution in [0.5, 0.6) is 0 Å². The molecule has 1 aromatic carbocycles. The number of furan rings is 1. The minimum absolute atomic E-state index is 0.00384. The Balaban J connectivity index is 1.75. The van der Waals surface area contributed by atoms with Gasteiger partial charge in [0.05, 0.1) is 17.4 Å². The largest absolute Gasteiger partial charge is 0.464 e. The number of anilines is 2. The first-order chi connectivity index (χ1) is 14.4. The van der Waals surface area contributed by atoms with Gasteiger partial charge >= 0.3 is 0 Å². The van der Waals surface area contributed by atoms with Crippen molar-refractivity contribution in [2.75, 3.05) is 16.8 Å². The summed E-state index contributed by atoms with van der Waals surface area (Å²) < 4.78 is 5.37. The van der Waals surface area contributed by atoms with Gasteiger partial charge in [-0.1, -0.05) is 17.7 Å². The highest BCUT2D eigenvalue weighted by Crippen LogP contribution is 2.36. The van der Waals surface area contributed by atoms with E-state index in [2.05, 4.69) is 16.4 Å². The second kappa shape index (κ2) is 9.36. The highest BCUT2D eigenvalue weighted by atomic mass is 35.5. The zero-order valence-corrected chi connectivity index (χ0v) is 17.5. The topological polar surface area (TPSA) is 129 Å². The van der Waals surface area contributed by atoms with E-state index < -0.39 is 0 Å².